The van der Waals surface area contributed by atoms with Crippen LogP contribution >= 0.6 is 11.6 Å². The molecule has 13 heteroatoms. The molecule has 1 aromatic heterocycles. The number of carbonyl (C=O) groups excluding carboxylic acids is 3. The Labute approximate surface area is 222 Å². The highest BCUT2D eigenvalue weighted by Gasteiger charge is 2.44. The summed E-state index contributed by atoms with van der Waals surface area (Å²) in [5, 5.41) is 13.2. The highest BCUT2D eigenvalue weighted by molar-refractivity contribution is 6.31. The normalized spacial score (nSPS) is 16.7. The van der Waals surface area contributed by atoms with Crippen LogP contribution < -0.4 is 5.32 Å². The van der Waals surface area contributed by atoms with Crippen molar-refractivity contribution in [3.63, 3.8) is 0 Å². The Kier molecular flexibility index (Phi) is 9.30. The van der Waals surface area contributed by atoms with Crippen molar-refractivity contribution in [3.8, 4) is 17.3 Å². The van der Waals surface area contributed by atoms with E-state index in [2.05, 4.69) is 15.1 Å². The summed E-state index contributed by atoms with van der Waals surface area (Å²) in [5.41, 5.74) is 2.15. The lowest BCUT2D eigenvalue weighted by molar-refractivity contribution is -0.248. The summed E-state index contributed by atoms with van der Waals surface area (Å²) < 4.78 is 37.8. The minimum atomic E-state index is -5.19. The molecule has 1 N–H and O–H groups in total. The van der Waals surface area contributed by atoms with Crippen molar-refractivity contribution in [2.75, 3.05) is 20.6 Å². The predicted molar refractivity (Wildman–Crippen MR) is 130 cm³/mol. The van der Waals surface area contributed by atoms with Gasteiger partial charge in [-0.2, -0.15) is 18.4 Å². The van der Waals surface area contributed by atoms with Crippen molar-refractivity contribution in [1.82, 2.24) is 20.3 Å². The van der Waals surface area contributed by atoms with Crippen LogP contribution in [0.3, 0.4) is 0 Å². The molecule has 1 aliphatic heterocycles. The van der Waals surface area contributed by atoms with Gasteiger partial charge in [0.15, 0.2) is 0 Å². The average Bonchev–Trinajstić information content (AvgIpc) is 2.87. The van der Waals surface area contributed by atoms with E-state index in [4.69, 9.17) is 11.6 Å². The van der Waals surface area contributed by atoms with Crippen LogP contribution in [0.5, 0.6) is 0 Å². The van der Waals surface area contributed by atoms with E-state index in [1.54, 1.807) is 44.4 Å². The van der Waals surface area contributed by atoms with Gasteiger partial charge >= 0.3 is 12.1 Å². The van der Waals surface area contributed by atoms with E-state index < -0.39 is 30.1 Å². The monoisotopic (exact) mass is 551 g/mol. The van der Waals surface area contributed by atoms with Gasteiger partial charge in [0.2, 0.25) is 5.91 Å². The fourth-order valence-corrected chi connectivity index (χ4v) is 4.14. The second-order valence-electron chi connectivity index (χ2n) is 8.90. The molecule has 1 fully saturated rings. The van der Waals surface area contributed by atoms with Crippen LogP contribution in [0, 0.1) is 11.3 Å². The standard InChI is InChI=1S/C25H25ClF3N5O4/c1-33(2)23(36)17-10-16(11-18(26)12-17)20-7-6-15(14-31-20)9-19(13-30)32-22(35)21-5-3-4-8-34(21)38-24(37)25(27,28)29/h6-7,10-12,14,19,21H,3-5,8-9H2,1-2H3,(H,32,35)/t19-,21-/m0/s1. The lowest BCUT2D eigenvalue weighted by atomic mass is 10.0. The number of amides is 2. The van der Waals surface area contributed by atoms with Gasteiger partial charge < -0.3 is 15.1 Å². The van der Waals surface area contributed by atoms with Crippen molar-refractivity contribution in [2.45, 2.75) is 43.9 Å². The number of hydrogen-bond acceptors (Lipinski definition) is 7. The van der Waals surface area contributed by atoms with Gasteiger partial charge in [0.05, 0.1) is 11.8 Å². The van der Waals surface area contributed by atoms with Gasteiger partial charge in [-0.15, -0.1) is 5.06 Å². The third-order valence-corrected chi connectivity index (χ3v) is 5.99. The Balaban J connectivity index is 1.68. The molecule has 0 unspecified atom stereocenters. The molecular formula is C25H25ClF3N5O4. The van der Waals surface area contributed by atoms with Gasteiger partial charge in [-0.05, 0) is 49.1 Å². The van der Waals surface area contributed by atoms with Gasteiger partial charge in [-0.1, -0.05) is 17.7 Å². The maximum Gasteiger partial charge on any atom is 0.492 e. The fourth-order valence-electron chi connectivity index (χ4n) is 3.90. The summed E-state index contributed by atoms with van der Waals surface area (Å²) >= 11 is 6.18. The molecule has 0 spiro atoms. The molecule has 2 amide bonds. The first-order chi connectivity index (χ1) is 17.9. The summed E-state index contributed by atoms with van der Waals surface area (Å²) in [6, 6.07) is 8.07. The van der Waals surface area contributed by atoms with Crippen LogP contribution in [0.15, 0.2) is 36.5 Å². The summed E-state index contributed by atoms with van der Waals surface area (Å²) in [4.78, 5) is 46.5. The van der Waals surface area contributed by atoms with Crippen LogP contribution in [0.2, 0.25) is 5.02 Å². The first kappa shape index (κ1) is 28.9. The highest BCUT2D eigenvalue weighted by Crippen LogP contribution is 2.25. The molecule has 202 valence electrons. The molecule has 3 rings (SSSR count). The fraction of sp³-hybridized carbons (Fsp3) is 0.400. The topological polar surface area (TPSA) is 116 Å². The second kappa shape index (κ2) is 12.2. The average molecular weight is 552 g/mol. The van der Waals surface area contributed by atoms with Crippen LogP contribution in [-0.2, 0) is 20.8 Å². The Hall–Kier alpha value is -3.69. The number of hydrogen-bond donors (Lipinski definition) is 1. The molecule has 1 aromatic carbocycles. The minimum absolute atomic E-state index is 0.0339. The van der Waals surface area contributed by atoms with E-state index in [9.17, 15) is 32.8 Å². The van der Waals surface area contributed by atoms with E-state index in [1.807, 2.05) is 6.07 Å². The molecule has 2 heterocycles. The third-order valence-electron chi connectivity index (χ3n) is 5.77. The number of aromatic nitrogens is 1. The van der Waals surface area contributed by atoms with Crippen molar-refractivity contribution in [1.29, 1.82) is 5.26 Å². The maximum atomic E-state index is 12.8. The quantitative estimate of drug-likeness (QED) is 0.559. The van der Waals surface area contributed by atoms with Gasteiger partial charge in [-0.25, -0.2) is 4.79 Å². The zero-order valence-electron chi connectivity index (χ0n) is 20.6. The van der Waals surface area contributed by atoms with E-state index in [-0.39, 0.29) is 25.3 Å². The molecule has 0 saturated carbocycles. The van der Waals surface area contributed by atoms with Crippen LogP contribution in [0.25, 0.3) is 11.3 Å². The maximum absolute atomic E-state index is 12.8. The zero-order chi connectivity index (χ0) is 28.0. The molecule has 2 aromatic rings. The van der Waals surface area contributed by atoms with E-state index in [0.29, 0.717) is 40.2 Å². The van der Waals surface area contributed by atoms with E-state index >= 15 is 0 Å². The number of halogens is 4. The molecule has 9 nitrogen and oxygen atoms in total. The number of pyridine rings is 1. The Morgan fingerprint density at radius 1 is 1.26 bits per heavy atom. The Morgan fingerprint density at radius 3 is 2.61 bits per heavy atom. The van der Waals surface area contributed by atoms with E-state index in [1.165, 1.54) is 11.1 Å². The smallest absolute Gasteiger partial charge is 0.360 e. The SMILES string of the molecule is CN(C)C(=O)c1cc(Cl)cc(-c2ccc(C[C@@H](C#N)NC(=O)[C@@H]3CCCCN3OC(=O)C(F)(F)F)cn2)c1. The number of rotatable bonds is 7. The number of hydroxylamine groups is 2. The van der Waals surface area contributed by atoms with Crippen molar-refractivity contribution in [2.24, 2.45) is 0 Å². The van der Waals surface area contributed by atoms with Crippen LogP contribution in [-0.4, -0.2) is 71.6 Å². The van der Waals surface area contributed by atoms with E-state index in [0.717, 1.165) is 5.06 Å². The van der Waals surface area contributed by atoms with Crippen molar-refractivity contribution >= 4 is 29.4 Å². The number of nitrogens with one attached hydrogen (secondary N) is 1. The molecule has 2 atom stereocenters. The van der Waals surface area contributed by atoms with Crippen molar-refractivity contribution < 1.29 is 32.4 Å². The van der Waals surface area contributed by atoms with Gasteiger partial charge in [0, 0.05) is 49.4 Å². The van der Waals surface area contributed by atoms with Crippen molar-refractivity contribution in [3.05, 3.63) is 52.7 Å². The molecule has 0 bridgehead atoms. The molecule has 38 heavy (non-hydrogen) atoms. The van der Waals surface area contributed by atoms with Gasteiger partial charge in [0.25, 0.3) is 5.91 Å². The zero-order valence-corrected chi connectivity index (χ0v) is 21.3. The largest absolute Gasteiger partial charge is 0.492 e. The molecular weight excluding hydrogens is 527 g/mol. The predicted octanol–water partition coefficient (Wildman–Crippen LogP) is 3.53. The van der Waals surface area contributed by atoms with Crippen LogP contribution in [0.4, 0.5) is 13.2 Å². The first-order valence-corrected chi connectivity index (χ1v) is 12.0. The highest BCUT2D eigenvalue weighted by atomic mass is 35.5. The molecule has 0 aliphatic carbocycles. The number of carbonyl (C=O) groups is 3. The summed E-state index contributed by atoms with van der Waals surface area (Å²) in [6.45, 7) is -0.0339. The molecule has 0 radical (unpaired) electrons. The third kappa shape index (κ3) is 7.43. The number of piperidine rings is 1. The second-order valence-corrected chi connectivity index (χ2v) is 9.34. The van der Waals surface area contributed by atoms with Gasteiger partial charge in [0.1, 0.15) is 12.1 Å². The first-order valence-electron chi connectivity index (χ1n) is 11.6. The Bertz CT molecular complexity index is 1230. The summed E-state index contributed by atoms with van der Waals surface area (Å²) in [7, 11) is 3.25. The number of benzene rings is 1. The van der Waals surface area contributed by atoms with Crippen LogP contribution in [0.1, 0.15) is 35.2 Å². The summed E-state index contributed by atoms with van der Waals surface area (Å²) in [5.74, 6) is -3.34. The number of alkyl halides is 3. The lowest BCUT2D eigenvalue weighted by Crippen LogP contribution is -2.53. The number of nitriles is 1. The van der Waals surface area contributed by atoms with Gasteiger partial charge in [-0.3, -0.25) is 14.6 Å². The molecule has 1 aliphatic rings. The lowest BCUT2D eigenvalue weighted by Gasteiger charge is -2.33. The summed E-state index contributed by atoms with van der Waals surface area (Å²) in [6.07, 6.45) is -2.44. The number of nitrogens with zero attached hydrogens (tertiary/aromatic N) is 4. The minimum Gasteiger partial charge on any atom is -0.360 e. The molecule has 1 saturated heterocycles. The Morgan fingerprint density at radius 2 is 2.00 bits per heavy atom.